The molecule has 1 saturated carbocycles. The highest BCUT2D eigenvalue weighted by Crippen LogP contribution is 2.54. The molecule has 0 radical (unpaired) electrons. The van der Waals surface area contributed by atoms with Crippen LogP contribution in [0.2, 0.25) is 0 Å². The lowest BCUT2D eigenvalue weighted by molar-refractivity contribution is 0.594. The molecular weight excluding hydrogens is 294 g/mol. The standard InChI is InChI=1S/C21H21N3/c1-14-6-2-3-7-15(14)12-21(23-13-22)24-20-11-16-10-19(20)18-9-5-4-8-17(16)18/h2-9,16,19-20H,10-12H2,1H3,(H,23,24)/t16-,19+,20+/m0/s1. The maximum atomic E-state index is 9.11. The largest absolute Gasteiger partial charge is 0.280 e. The van der Waals surface area contributed by atoms with Crippen LogP contribution < -0.4 is 5.32 Å². The van der Waals surface area contributed by atoms with Crippen LogP contribution in [-0.4, -0.2) is 11.9 Å². The number of aliphatic imine (C=N–C) groups is 1. The Balaban J connectivity index is 1.59. The number of fused-ring (bicyclic) bond motifs is 5. The van der Waals surface area contributed by atoms with E-state index in [1.807, 2.05) is 12.1 Å². The second kappa shape index (κ2) is 6.13. The second-order valence-electron chi connectivity index (χ2n) is 6.89. The van der Waals surface area contributed by atoms with Crippen molar-refractivity contribution in [3.05, 3.63) is 70.8 Å². The Morgan fingerprint density at radius 2 is 1.88 bits per heavy atom. The van der Waals surface area contributed by atoms with Crippen molar-refractivity contribution in [2.24, 2.45) is 4.99 Å². The maximum Gasteiger partial charge on any atom is 0.182 e. The summed E-state index contributed by atoms with van der Waals surface area (Å²) in [6, 6.07) is 17.4. The Bertz CT molecular complexity index is 831. The fraction of sp³-hybridized carbons (Fsp3) is 0.333. The van der Waals surface area contributed by atoms with E-state index in [0.29, 0.717) is 24.3 Å². The first kappa shape index (κ1) is 15.0. The molecule has 2 bridgehead atoms. The molecule has 0 saturated heterocycles. The topological polar surface area (TPSA) is 48.2 Å². The highest BCUT2D eigenvalue weighted by molar-refractivity contribution is 5.86. The highest BCUT2D eigenvalue weighted by atomic mass is 15.0. The fourth-order valence-electron chi connectivity index (χ4n) is 4.34. The highest BCUT2D eigenvalue weighted by Gasteiger charge is 2.43. The predicted octanol–water partition coefficient (Wildman–Crippen LogP) is 4.05. The SMILES string of the molecule is Cc1ccccc1CC(=N[C@@H]1C[C@@H]2C[C@@H]1c1ccccc12)NC#N. The van der Waals surface area contributed by atoms with E-state index in [1.54, 1.807) is 0 Å². The van der Waals surface area contributed by atoms with Gasteiger partial charge in [0.05, 0.1) is 6.04 Å². The first-order chi connectivity index (χ1) is 11.8. The summed E-state index contributed by atoms with van der Waals surface area (Å²) in [5.41, 5.74) is 5.45. The number of aryl methyl sites for hydroxylation is 1. The van der Waals surface area contributed by atoms with Crippen molar-refractivity contribution in [3.8, 4) is 6.19 Å². The van der Waals surface area contributed by atoms with Gasteiger partial charge in [0.2, 0.25) is 0 Å². The van der Waals surface area contributed by atoms with Gasteiger partial charge in [-0.15, -0.1) is 0 Å². The smallest absolute Gasteiger partial charge is 0.182 e. The molecule has 0 heterocycles. The van der Waals surface area contributed by atoms with Crippen molar-refractivity contribution in [3.63, 3.8) is 0 Å². The zero-order valence-corrected chi connectivity index (χ0v) is 13.9. The Labute approximate surface area is 143 Å². The van der Waals surface area contributed by atoms with Crippen LogP contribution in [0, 0.1) is 18.4 Å². The van der Waals surface area contributed by atoms with Crippen molar-refractivity contribution in [2.45, 2.75) is 44.1 Å². The summed E-state index contributed by atoms with van der Waals surface area (Å²) in [7, 11) is 0. The molecule has 0 unspecified atom stereocenters. The van der Waals surface area contributed by atoms with E-state index in [9.17, 15) is 0 Å². The molecule has 2 aromatic rings. The molecule has 1 N–H and O–H groups in total. The van der Waals surface area contributed by atoms with Crippen LogP contribution in [-0.2, 0) is 6.42 Å². The first-order valence-corrected chi connectivity index (χ1v) is 8.61. The van der Waals surface area contributed by atoms with Crippen LogP contribution in [0.3, 0.4) is 0 Å². The molecule has 3 atom stereocenters. The lowest BCUT2D eigenvalue weighted by Gasteiger charge is -2.22. The molecule has 24 heavy (non-hydrogen) atoms. The third-order valence-corrected chi connectivity index (χ3v) is 5.51. The summed E-state index contributed by atoms with van der Waals surface area (Å²) in [6.07, 6.45) is 5.06. The lowest BCUT2D eigenvalue weighted by atomic mass is 9.88. The van der Waals surface area contributed by atoms with Crippen LogP contribution in [0.15, 0.2) is 53.5 Å². The van der Waals surface area contributed by atoms with Gasteiger partial charge in [0.1, 0.15) is 5.84 Å². The Morgan fingerprint density at radius 1 is 1.12 bits per heavy atom. The van der Waals surface area contributed by atoms with Crippen molar-refractivity contribution in [1.82, 2.24) is 5.32 Å². The summed E-state index contributed by atoms with van der Waals surface area (Å²) in [5, 5.41) is 11.9. The van der Waals surface area contributed by atoms with Crippen molar-refractivity contribution in [2.75, 3.05) is 0 Å². The zero-order chi connectivity index (χ0) is 16.5. The molecular formula is C21H21N3. The molecule has 3 heteroatoms. The van der Waals surface area contributed by atoms with Gasteiger partial charge in [-0.05, 0) is 47.9 Å². The molecule has 3 nitrogen and oxygen atoms in total. The van der Waals surface area contributed by atoms with E-state index >= 15 is 0 Å². The molecule has 2 aromatic carbocycles. The molecule has 120 valence electrons. The lowest BCUT2D eigenvalue weighted by Crippen LogP contribution is -2.25. The normalized spacial score (nSPS) is 24.5. The average Bonchev–Trinajstić information content (AvgIpc) is 3.16. The van der Waals surface area contributed by atoms with Crippen molar-refractivity contribution in [1.29, 1.82) is 5.26 Å². The molecule has 0 aliphatic heterocycles. The van der Waals surface area contributed by atoms with Gasteiger partial charge in [0.15, 0.2) is 6.19 Å². The molecule has 0 amide bonds. The van der Waals surface area contributed by atoms with Crippen LogP contribution in [0.4, 0.5) is 0 Å². The number of rotatable bonds is 3. The third kappa shape index (κ3) is 2.59. The average molecular weight is 315 g/mol. The van der Waals surface area contributed by atoms with E-state index in [4.69, 9.17) is 10.3 Å². The minimum absolute atomic E-state index is 0.296. The van der Waals surface area contributed by atoms with E-state index in [1.165, 1.54) is 28.7 Å². The molecule has 1 fully saturated rings. The van der Waals surface area contributed by atoms with Crippen LogP contribution in [0.25, 0.3) is 0 Å². The molecule has 0 spiro atoms. The Kier molecular flexibility index (Phi) is 3.82. The minimum Gasteiger partial charge on any atom is -0.280 e. The van der Waals surface area contributed by atoms with E-state index < -0.39 is 0 Å². The fourth-order valence-corrected chi connectivity index (χ4v) is 4.34. The number of nitriles is 1. The van der Waals surface area contributed by atoms with Gasteiger partial charge in [-0.3, -0.25) is 10.3 Å². The Morgan fingerprint density at radius 3 is 2.67 bits per heavy atom. The number of hydrogen-bond donors (Lipinski definition) is 1. The van der Waals surface area contributed by atoms with E-state index in [2.05, 4.69) is 54.8 Å². The number of amidine groups is 1. The first-order valence-electron chi connectivity index (χ1n) is 8.61. The number of hydrogen-bond acceptors (Lipinski definition) is 2. The molecule has 2 aliphatic carbocycles. The van der Waals surface area contributed by atoms with Gasteiger partial charge < -0.3 is 0 Å². The number of nitrogens with zero attached hydrogens (tertiary/aromatic N) is 2. The Hall–Kier alpha value is -2.60. The van der Waals surface area contributed by atoms with Gasteiger partial charge in [0.25, 0.3) is 0 Å². The zero-order valence-electron chi connectivity index (χ0n) is 13.9. The summed E-state index contributed by atoms with van der Waals surface area (Å²) in [5.74, 6) is 1.95. The third-order valence-electron chi connectivity index (χ3n) is 5.51. The number of benzene rings is 2. The van der Waals surface area contributed by atoms with E-state index in [0.717, 1.165) is 12.3 Å². The second-order valence-corrected chi connectivity index (χ2v) is 6.89. The maximum absolute atomic E-state index is 9.11. The van der Waals surface area contributed by atoms with Crippen LogP contribution in [0.5, 0.6) is 0 Å². The van der Waals surface area contributed by atoms with Crippen LogP contribution in [0.1, 0.15) is 46.9 Å². The van der Waals surface area contributed by atoms with Gasteiger partial charge in [0, 0.05) is 12.3 Å². The number of nitrogens with one attached hydrogen (secondary N) is 1. The minimum atomic E-state index is 0.296. The monoisotopic (exact) mass is 315 g/mol. The van der Waals surface area contributed by atoms with Gasteiger partial charge in [-0.25, -0.2) is 0 Å². The van der Waals surface area contributed by atoms with Crippen molar-refractivity contribution < 1.29 is 0 Å². The van der Waals surface area contributed by atoms with Gasteiger partial charge in [-0.2, -0.15) is 5.26 Å². The quantitative estimate of drug-likeness (QED) is 0.402. The summed E-state index contributed by atoms with van der Waals surface area (Å²) >= 11 is 0. The van der Waals surface area contributed by atoms with Gasteiger partial charge >= 0.3 is 0 Å². The van der Waals surface area contributed by atoms with Crippen molar-refractivity contribution >= 4 is 5.84 Å². The summed E-state index contributed by atoms with van der Waals surface area (Å²) < 4.78 is 0. The van der Waals surface area contributed by atoms with Crippen LogP contribution >= 0.6 is 0 Å². The molecule has 2 aliphatic rings. The molecule has 0 aromatic heterocycles. The van der Waals surface area contributed by atoms with E-state index in [-0.39, 0.29) is 0 Å². The summed E-state index contributed by atoms with van der Waals surface area (Å²) in [4.78, 5) is 4.97. The van der Waals surface area contributed by atoms with Gasteiger partial charge in [-0.1, -0.05) is 48.5 Å². The summed E-state index contributed by atoms with van der Waals surface area (Å²) in [6.45, 7) is 2.10. The molecule has 4 rings (SSSR count). The predicted molar refractivity (Wildman–Crippen MR) is 96.0 cm³/mol.